The van der Waals surface area contributed by atoms with Crippen molar-refractivity contribution in [2.24, 2.45) is 0 Å². The van der Waals surface area contributed by atoms with Crippen LogP contribution in [0, 0.1) is 0 Å². The molecule has 2 aliphatic heterocycles. The molecule has 0 aromatic carbocycles. The first-order valence-electron chi connectivity index (χ1n) is 7.23. The summed E-state index contributed by atoms with van der Waals surface area (Å²) >= 11 is 0. The summed E-state index contributed by atoms with van der Waals surface area (Å²) in [7, 11) is -4.47. The van der Waals surface area contributed by atoms with Gasteiger partial charge in [-0.25, -0.2) is 10.1 Å². The van der Waals surface area contributed by atoms with Gasteiger partial charge in [0.05, 0.1) is 13.1 Å². The number of carbonyl (C=O) groups excluding carboxylic acids is 2. The predicted molar refractivity (Wildman–Crippen MR) is 71.5 cm³/mol. The molecule has 0 atom stereocenters. The summed E-state index contributed by atoms with van der Waals surface area (Å²) in [6.45, 7) is 0.407. The average Bonchev–Trinajstić information content (AvgIpc) is 2.72. The molecule has 8 nitrogen and oxygen atoms in total. The highest BCUT2D eigenvalue weighted by molar-refractivity contribution is 7.81. The van der Waals surface area contributed by atoms with Gasteiger partial charge in [-0.15, -0.1) is 8.57 Å². The van der Waals surface area contributed by atoms with E-state index in [0.717, 1.165) is 23.0 Å². The summed E-state index contributed by atoms with van der Waals surface area (Å²) < 4.78 is 33.1. The summed E-state index contributed by atoms with van der Waals surface area (Å²) in [5, 5.41) is 1.62. The molecule has 2 fully saturated rings. The third kappa shape index (κ3) is 4.94. The van der Waals surface area contributed by atoms with Crippen LogP contribution in [-0.2, 0) is 28.6 Å². The molecule has 9 heteroatoms. The van der Waals surface area contributed by atoms with Crippen LogP contribution in [0.5, 0.6) is 0 Å². The summed E-state index contributed by atoms with van der Waals surface area (Å²) in [6.07, 6.45) is 4.95. The normalized spacial score (nSPS) is 22.1. The lowest BCUT2D eigenvalue weighted by molar-refractivity contribution is -0.169. The second-order valence-electron chi connectivity index (χ2n) is 5.17. The fourth-order valence-electron chi connectivity index (χ4n) is 2.31. The molecule has 0 aromatic heterocycles. The monoisotopic (exact) mass is 320 g/mol. The van der Waals surface area contributed by atoms with Crippen molar-refractivity contribution in [2.75, 3.05) is 13.1 Å². The highest BCUT2D eigenvalue weighted by atomic mass is 32.3. The minimum Gasteiger partial charge on any atom is -0.273 e. The average molecular weight is 320 g/mol. The molecule has 2 aliphatic rings. The Morgan fingerprint density at radius 3 is 1.57 bits per heavy atom. The zero-order valence-electron chi connectivity index (χ0n) is 11.8. The Hall–Kier alpha value is -1.19. The van der Waals surface area contributed by atoms with Crippen molar-refractivity contribution >= 4 is 22.2 Å². The summed E-state index contributed by atoms with van der Waals surface area (Å²) in [4.78, 5) is 23.4. The fraction of sp³-hybridized carbons (Fsp3) is 0.833. The van der Waals surface area contributed by atoms with E-state index in [4.69, 9.17) is 8.57 Å². The van der Waals surface area contributed by atoms with Gasteiger partial charge in [0.15, 0.2) is 0 Å². The molecule has 0 N–H and O–H groups in total. The van der Waals surface area contributed by atoms with Gasteiger partial charge in [-0.3, -0.25) is 9.59 Å². The molecule has 21 heavy (non-hydrogen) atoms. The largest absolute Gasteiger partial charge is 0.442 e. The van der Waals surface area contributed by atoms with Crippen molar-refractivity contribution in [2.45, 2.75) is 51.4 Å². The molecule has 0 saturated carbocycles. The Labute approximate surface area is 124 Å². The van der Waals surface area contributed by atoms with Crippen molar-refractivity contribution < 1.29 is 26.6 Å². The molecule has 0 aromatic rings. The molecule has 2 heterocycles. The Morgan fingerprint density at radius 1 is 0.714 bits per heavy atom. The van der Waals surface area contributed by atoms with Crippen molar-refractivity contribution in [1.82, 2.24) is 10.1 Å². The molecule has 2 rings (SSSR count). The molecule has 0 bridgehead atoms. The first kappa shape index (κ1) is 16.2. The van der Waals surface area contributed by atoms with Crippen LogP contribution < -0.4 is 0 Å². The van der Waals surface area contributed by atoms with Gasteiger partial charge >= 0.3 is 10.4 Å². The highest BCUT2D eigenvalue weighted by Gasteiger charge is 2.29. The predicted octanol–water partition coefficient (Wildman–Crippen LogP) is 0.900. The van der Waals surface area contributed by atoms with Gasteiger partial charge < -0.3 is 0 Å². The SMILES string of the molecule is O=C1CCCCCN1OS(=O)(=O)ON1CCCCCC1=O. The Kier molecular flexibility index (Phi) is 5.54. The van der Waals surface area contributed by atoms with Crippen LogP contribution in [0.2, 0.25) is 0 Å². The highest BCUT2D eigenvalue weighted by Crippen LogP contribution is 2.17. The fourth-order valence-corrected chi connectivity index (χ4v) is 3.09. The molecule has 2 amide bonds. The molecule has 0 aliphatic carbocycles. The summed E-state index contributed by atoms with van der Waals surface area (Å²) in [6, 6.07) is 0. The van der Waals surface area contributed by atoms with Crippen molar-refractivity contribution in [3.63, 3.8) is 0 Å². The second kappa shape index (κ2) is 7.19. The topological polar surface area (TPSA) is 93.2 Å². The van der Waals surface area contributed by atoms with Crippen molar-refractivity contribution in [1.29, 1.82) is 0 Å². The van der Waals surface area contributed by atoms with E-state index in [1.807, 2.05) is 0 Å². The lowest BCUT2D eigenvalue weighted by atomic mass is 10.2. The Balaban J connectivity index is 1.97. The van der Waals surface area contributed by atoms with E-state index in [1.165, 1.54) is 0 Å². The number of amides is 2. The molecule has 2 saturated heterocycles. The maximum absolute atomic E-state index is 11.9. The van der Waals surface area contributed by atoms with Gasteiger partial charge in [0.2, 0.25) is 11.8 Å². The van der Waals surface area contributed by atoms with Crippen LogP contribution >= 0.6 is 0 Å². The number of rotatable bonds is 4. The minimum absolute atomic E-state index is 0.204. The zero-order chi connectivity index (χ0) is 15.3. The standard InChI is InChI=1S/C12H20N2O6S/c15-11-7-3-1-5-9-13(11)19-21(17,18)20-14-10-6-2-4-8-12(14)16/h1-10H2. The van der Waals surface area contributed by atoms with E-state index < -0.39 is 10.4 Å². The summed E-state index contributed by atoms with van der Waals surface area (Å²) in [5.74, 6) is -0.774. The van der Waals surface area contributed by atoms with Crippen LogP contribution in [0.25, 0.3) is 0 Å². The van der Waals surface area contributed by atoms with E-state index in [2.05, 4.69) is 0 Å². The third-order valence-electron chi connectivity index (χ3n) is 3.42. The van der Waals surface area contributed by atoms with Gasteiger partial charge in [0, 0.05) is 12.8 Å². The van der Waals surface area contributed by atoms with Crippen LogP contribution in [0.1, 0.15) is 51.4 Å². The van der Waals surface area contributed by atoms with Gasteiger partial charge in [0.25, 0.3) is 0 Å². The van der Waals surface area contributed by atoms with Gasteiger partial charge in [-0.05, 0) is 25.7 Å². The van der Waals surface area contributed by atoms with Gasteiger partial charge in [0.1, 0.15) is 0 Å². The number of carbonyl (C=O) groups is 2. The first-order valence-corrected chi connectivity index (χ1v) is 8.56. The molecule has 0 spiro atoms. The quantitative estimate of drug-likeness (QED) is 0.764. The Bertz CT molecular complexity index is 454. The number of nitrogens with zero attached hydrogens (tertiary/aromatic N) is 2. The third-order valence-corrected chi connectivity index (χ3v) is 4.15. The number of hydrogen-bond acceptors (Lipinski definition) is 6. The molecule has 0 unspecified atom stereocenters. The van der Waals surface area contributed by atoms with E-state index in [1.54, 1.807) is 0 Å². The van der Waals surface area contributed by atoms with Crippen LogP contribution in [0.4, 0.5) is 0 Å². The molecular formula is C12H20N2O6S. The van der Waals surface area contributed by atoms with Gasteiger partial charge in [-0.2, -0.15) is 8.42 Å². The smallest absolute Gasteiger partial charge is 0.273 e. The zero-order valence-corrected chi connectivity index (χ0v) is 12.6. The van der Waals surface area contributed by atoms with E-state index in [0.29, 0.717) is 25.7 Å². The van der Waals surface area contributed by atoms with E-state index in [9.17, 15) is 18.0 Å². The number of hydroxylamine groups is 4. The lowest BCUT2D eigenvalue weighted by Crippen LogP contribution is -2.38. The van der Waals surface area contributed by atoms with E-state index in [-0.39, 0.29) is 37.7 Å². The molecule has 120 valence electrons. The van der Waals surface area contributed by atoms with Crippen LogP contribution in [0.15, 0.2) is 0 Å². The van der Waals surface area contributed by atoms with Crippen molar-refractivity contribution in [3.05, 3.63) is 0 Å². The number of hydrogen-bond donors (Lipinski definition) is 0. The van der Waals surface area contributed by atoms with Crippen molar-refractivity contribution in [3.8, 4) is 0 Å². The summed E-state index contributed by atoms with van der Waals surface area (Å²) in [5.41, 5.74) is 0. The van der Waals surface area contributed by atoms with Gasteiger partial charge in [-0.1, -0.05) is 12.8 Å². The minimum atomic E-state index is -4.47. The molecular weight excluding hydrogens is 300 g/mol. The molecule has 0 radical (unpaired) electrons. The maximum atomic E-state index is 11.9. The Morgan fingerprint density at radius 2 is 1.14 bits per heavy atom. The van der Waals surface area contributed by atoms with Crippen LogP contribution in [0.3, 0.4) is 0 Å². The lowest BCUT2D eigenvalue weighted by Gasteiger charge is -2.22. The maximum Gasteiger partial charge on any atom is 0.442 e. The second-order valence-corrected chi connectivity index (χ2v) is 6.28. The van der Waals surface area contributed by atoms with Crippen LogP contribution in [-0.4, -0.2) is 43.4 Å². The first-order chi connectivity index (χ1) is 9.98. The van der Waals surface area contributed by atoms with E-state index >= 15 is 0 Å².